The number of para-hydroxylation sites is 1. The molecule has 3 heteroatoms. The molecule has 0 spiro atoms. The molecule has 0 amide bonds. The normalized spacial score (nSPS) is 8.72. The molecule has 0 saturated heterocycles. The van der Waals surface area contributed by atoms with Crippen LogP contribution in [-0.2, 0) is 4.74 Å². The van der Waals surface area contributed by atoms with Gasteiger partial charge < -0.3 is 10.1 Å². The van der Waals surface area contributed by atoms with Crippen LogP contribution in [0.2, 0.25) is 0 Å². The van der Waals surface area contributed by atoms with Crippen molar-refractivity contribution in [1.29, 1.82) is 0 Å². The Balaban J connectivity index is 0.000000659. The summed E-state index contributed by atoms with van der Waals surface area (Å²) in [6.07, 6.45) is 1.79. The number of aromatic nitrogens is 1. The van der Waals surface area contributed by atoms with Crippen molar-refractivity contribution in [3.05, 3.63) is 36.5 Å². The molecule has 0 bridgehead atoms. The average molecular weight is 248 g/mol. The third kappa shape index (κ3) is 4.72. The fourth-order valence-corrected chi connectivity index (χ4v) is 1.40. The number of ether oxygens (including phenoxy) is 1. The van der Waals surface area contributed by atoms with Gasteiger partial charge in [-0.25, -0.2) is 0 Å². The Hall–Kier alpha value is -1.61. The number of hydrogen-bond donors (Lipinski definition) is 1. The zero-order chi connectivity index (χ0) is 13.8. The van der Waals surface area contributed by atoms with Crippen molar-refractivity contribution in [3.63, 3.8) is 0 Å². The quantitative estimate of drug-likeness (QED) is 0.822. The molecule has 100 valence electrons. The van der Waals surface area contributed by atoms with E-state index >= 15 is 0 Å². The molecule has 2 rings (SSSR count). The highest BCUT2D eigenvalue weighted by Crippen LogP contribution is 2.20. The number of benzene rings is 1. The van der Waals surface area contributed by atoms with Crippen molar-refractivity contribution in [1.82, 2.24) is 4.98 Å². The lowest BCUT2D eigenvalue weighted by atomic mass is 10.2. The van der Waals surface area contributed by atoms with Crippen molar-refractivity contribution in [2.24, 2.45) is 0 Å². The van der Waals surface area contributed by atoms with Crippen LogP contribution in [-0.4, -0.2) is 18.8 Å². The van der Waals surface area contributed by atoms with E-state index in [-0.39, 0.29) is 0 Å². The predicted octanol–water partition coefficient (Wildman–Crippen LogP) is 4.30. The number of anilines is 1. The van der Waals surface area contributed by atoms with Gasteiger partial charge in [0.2, 0.25) is 0 Å². The SMILES string of the molecule is CC.CC.COCNc1ccnc2ccccc12. The molecule has 0 atom stereocenters. The van der Waals surface area contributed by atoms with Gasteiger partial charge in [0.25, 0.3) is 0 Å². The minimum absolute atomic E-state index is 0.508. The van der Waals surface area contributed by atoms with E-state index in [4.69, 9.17) is 4.74 Å². The third-order valence-electron chi connectivity index (χ3n) is 2.06. The van der Waals surface area contributed by atoms with Gasteiger partial charge in [-0.1, -0.05) is 45.9 Å². The van der Waals surface area contributed by atoms with Crippen LogP contribution in [0.3, 0.4) is 0 Å². The van der Waals surface area contributed by atoms with Crippen LogP contribution in [0, 0.1) is 0 Å². The van der Waals surface area contributed by atoms with E-state index in [1.165, 1.54) is 0 Å². The number of nitrogens with zero attached hydrogens (tertiary/aromatic N) is 1. The molecule has 0 radical (unpaired) electrons. The van der Waals surface area contributed by atoms with Crippen LogP contribution in [0.15, 0.2) is 36.5 Å². The molecule has 1 heterocycles. The van der Waals surface area contributed by atoms with Crippen molar-refractivity contribution < 1.29 is 4.74 Å². The molecular weight excluding hydrogens is 224 g/mol. The van der Waals surface area contributed by atoms with Crippen molar-refractivity contribution in [3.8, 4) is 0 Å². The smallest absolute Gasteiger partial charge is 0.116 e. The summed E-state index contributed by atoms with van der Waals surface area (Å²) in [5.74, 6) is 0. The summed E-state index contributed by atoms with van der Waals surface area (Å²) in [5.41, 5.74) is 2.05. The summed E-state index contributed by atoms with van der Waals surface area (Å²) in [4.78, 5) is 4.27. The molecule has 1 N–H and O–H groups in total. The van der Waals surface area contributed by atoms with Crippen LogP contribution >= 0.6 is 0 Å². The summed E-state index contributed by atoms with van der Waals surface area (Å²) >= 11 is 0. The van der Waals surface area contributed by atoms with Crippen molar-refractivity contribution in [2.75, 3.05) is 19.2 Å². The van der Waals surface area contributed by atoms with Gasteiger partial charge in [0.1, 0.15) is 6.73 Å². The van der Waals surface area contributed by atoms with Gasteiger partial charge in [-0.2, -0.15) is 0 Å². The van der Waals surface area contributed by atoms with Gasteiger partial charge in [-0.3, -0.25) is 4.98 Å². The lowest BCUT2D eigenvalue weighted by Gasteiger charge is -2.07. The highest BCUT2D eigenvalue weighted by molar-refractivity contribution is 5.90. The Bertz CT molecular complexity index is 424. The number of fused-ring (bicyclic) bond motifs is 1. The highest BCUT2D eigenvalue weighted by Gasteiger charge is 1.98. The summed E-state index contributed by atoms with van der Waals surface area (Å²) in [7, 11) is 1.66. The first-order chi connectivity index (χ1) is 8.92. The van der Waals surface area contributed by atoms with Crippen molar-refractivity contribution in [2.45, 2.75) is 27.7 Å². The van der Waals surface area contributed by atoms with E-state index < -0.39 is 0 Å². The molecule has 18 heavy (non-hydrogen) atoms. The maximum absolute atomic E-state index is 4.96. The number of nitrogens with one attached hydrogen (secondary N) is 1. The number of pyridine rings is 1. The Morgan fingerprint density at radius 1 is 1.06 bits per heavy atom. The van der Waals surface area contributed by atoms with Crippen LogP contribution in [0.5, 0.6) is 0 Å². The zero-order valence-corrected chi connectivity index (χ0v) is 12.0. The topological polar surface area (TPSA) is 34.1 Å². The molecule has 3 nitrogen and oxygen atoms in total. The zero-order valence-electron chi connectivity index (χ0n) is 12.0. The highest BCUT2D eigenvalue weighted by atomic mass is 16.5. The van der Waals surface area contributed by atoms with Gasteiger partial charge in [0.15, 0.2) is 0 Å². The van der Waals surface area contributed by atoms with E-state index in [1.807, 2.05) is 58.0 Å². The van der Waals surface area contributed by atoms with Gasteiger partial charge in [0.05, 0.1) is 5.52 Å². The molecule has 0 aliphatic heterocycles. The van der Waals surface area contributed by atoms with Gasteiger partial charge in [-0.05, 0) is 12.1 Å². The van der Waals surface area contributed by atoms with Crippen LogP contribution in [0.1, 0.15) is 27.7 Å². The third-order valence-corrected chi connectivity index (χ3v) is 2.06. The number of rotatable bonds is 3. The standard InChI is InChI=1S/C11H12N2O.2C2H6/c1-14-8-13-11-6-7-12-10-5-3-2-4-9(10)11;2*1-2/h2-7H,8H2,1H3,(H,12,13);2*1-2H3. The molecule has 0 aliphatic rings. The Labute approximate surface area is 110 Å². The first kappa shape index (κ1) is 16.4. The minimum atomic E-state index is 0.508. The van der Waals surface area contributed by atoms with Crippen LogP contribution < -0.4 is 5.32 Å². The average Bonchev–Trinajstić information content (AvgIpc) is 2.49. The second kappa shape index (κ2) is 10.5. The molecular formula is C15H24N2O. The molecule has 0 unspecified atom stereocenters. The Morgan fingerprint density at radius 3 is 2.39 bits per heavy atom. The first-order valence-corrected chi connectivity index (χ1v) is 6.48. The summed E-state index contributed by atoms with van der Waals surface area (Å²) < 4.78 is 4.96. The number of hydrogen-bond acceptors (Lipinski definition) is 3. The monoisotopic (exact) mass is 248 g/mol. The Kier molecular flexibility index (Phi) is 9.60. The van der Waals surface area contributed by atoms with E-state index in [2.05, 4.69) is 10.3 Å². The van der Waals surface area contributed by atoms with Crippen LogP contribution in [0.25, 0.3) is 10.9 Å². The van der Waals surface area contributed by atoms with Crippen LogP contribution in [0.4, 0.5) is 5.69 Å². The van der Waals surface area contributed by atoms with Gasteiger partial charge in [-0.15, -0.1) is 0 Å². The predicted molar refractivity (Wildman–Crippen MR) is 79.9 cm³/mol. The van der Waals surface area contributed by atoms with Crippen molar-refractivity contribution >= 4 is 16.6 Å². The molecule has 1 aromatic heterocycles. The molecule has 1 aromatic carbocycles. The molecule has 0 aliphatic carbocycles. The first-order valence-electron chi connectivity index (χ1n) is 6.48. The van der Waals surface area contributed by atoms with Gasteiger partial charge in [0, 0.05) is 24.4 Å². The fourth-order valence-electron chi connectivity index (χ4n) is 1.40. The van der Waals surface area contributed by atoms with E-state index in [9.17, 15) is 0 Å². The van der Waals surface area contributed by atoms with Gasteiger partial charge >= 0.3 is 0 Å². The summed E-state index contributed by atoms with van der Waals surface area (Å²) in [6.45, 7) is 8.51. The maximum atomic E-state index is 4.96. The lowest BCUT2D eigenvalue weighted by molar-refractivity contribution is 0.221. The minimum Gasteiger partial charge on any atom is -0.365 e. The van der Waals surface area contributed by atoms with E-state index in [1.54, 1.807) is 13.3 Å². The number of methoxy groups -OCH3 is 1. The Morgan fingerprint density at radius 2 is 1.72 bits per heavy atom. The molecule has 0 fully saturated rings. The summed E-state index contributed by atoms with van der Waals surface area (Å²) in [6, 6.07) is 9.96. The maximum Gasteiger partial charge on any atom is 0.116 e. The second-order valence-corrected chi connectivity index (χ2v) is 2.99. The summed E-state index contributed by atoms with van der Waals surface area (Å²) in [5, 5.41) is 4.29. The lowest BCUT2D eigenvalue weighted by Crippen LogP contribution is -2.03. The molecule has 0 saturated carbocycles. The van der Waals surface area contributed by atoms with E-state index in [0.29, 0.717) is 6.73 Å². The largest absolute Gasteiger partial charge is 0.365 e. The fraction of sp³-hybridized carbons (Fsp3) is 0.400. The van der Waals surface area contributed by atoms with E-state index in [0.717, 1.165) is 16.6 Å². The molecule has 2 aromatic rings. The second-order valence-electron chi connectivity index (χ2n) is 2.99.